The van der Waals surface area contributed by atoms with E-state index in [1.54, 1.807) is 25.4 Å². The summed E-state index contributed by atoms with van der Waals surface area (Å²) >= 11 is 0. The fourth-order valence-corrected chi connectivity index (χ4v) is 2.95. The molecule has 1 aliphatic rings. The lowest BCUT2D eigenvalue weighted by atomic mass is 10.1. The maximum Gasteiger partial charge on any atom is 0.227 e. The van der Waals surface area contributed by atoms with Gasteiger partial charge in [-0.25, -0.2) is 4.39 Å². The van der Waals surface area contributed by atoms with E-state index in [9.17, 15) is 9.18 Å². The molecule has 0 bridgehead atoms. The summed E-state index contributed by atoms with van der Waals surface area (Å²) in [6.07, 6.45) is 2.03. The average Bonchev–Trinajstić information content (AvgIpc) is 2.88. The van der Waals surface area contributed by atoms with Gasteiger partial charge in [0.2, 0.25) is 5.91 Å². The molecule has 1 amide bonds. The first-order valence-corrected chi connectivity index (χ1v) is 7.67. The number of methoxy groups -OCH3 is 1. The van der Waals surface area contributed by atoms with Gasteiger partial charge in [-0.2, -0.15) is 5.10 Å². The molecule has 3 rings (SSSR count). The van der Waals surface area contributed by atoms with Crippen LogP contribution < -0.4 is 0 Å². The maximum atomic E-state index is 13.0. The van der Waals surface area contributed by atoms with Gasteiger partial charge >= 0.3 is 0 Å². The van der Waals surface area contributed by atoms with Crippen molar-refractivity contribution in [2.75, 3.05) is 20.3 Å². The van der Waals surface area contributed by atoms with Crippen LogP contribution in [0.1, 0.15) is 11.3 Å². The third-order valence-electron chi connectivity index (χ3n) is 4.09. The molecule has 122 valence electrons. The van der Waals surface area contributed by atoms with Crippen molar-refractivity contribution in [1.82, 2.24) is 14.7 Å². The van der Waals surface area contributed by atoms with Crippen molar-refractivity contribution in [3.63, 3.8) is 0 Å². The van der Waals surface area contributed by atoms with Crippen LogP contribution in [0, 0.1) is 11.7 Å². The van der Waals surface area contributed by atoms with E-state index in [0.29, 0.717) is 19.7 Å². The summed E-state index contributed by atoms with van der Waals surface area (Å²) < 4.78 is 20.2. The number of amides is 1. The molecule has 0 spiro atoms. The van der Waals surface area contributed by atoms with E-state index in [1.807, 2.05) is 15.6 Å². The molecule has 1 aromatic heterocycles. The van der Waals surface area contributed by atoms with Gasteiger partial charge in [-0.1, -0.05) is 12.1 Å². The minimum Gasteiger partial charge on any atom is -0.384 e. The quantitative estimate of drug-likeness (QED) is 0.865. The van der Waals surface area contributed by atoms with Crippen LogP contribution in [0.2, 0.25) is 0 Å². The number of aromatic nitrogens is 2. The van der Waals surface area contributed by atoms with Gasteiger partial charge in [0.15, 0.2) is 0 Å². The molecule has 5 nitrogen and oxygen atoms in total. The van der Waals surface area contributed by atoms with Gasteiger partial charge in [-0.05, 0) is 23.8 Å². The zero-order valence-electron chi connectivity index (χ0n) is 13.1. The smallest absolute Gasteiger partial charge is 0.227 e. The molecule has 1 aliphatic heterocycles. The highest BCUT2D eigenvalue weighted by Gasteiger charge is 2.25. The topological polar surface area (TPSA) is 47.4 Å². The van der Waals surface area contributed by atoms with Crippen LogP contribution in [0.3, 0.4) is 0 Å². The van der Waals surface area contributed by atoms with Crippen LogP contribution in [-0.2, 0) is 29.0 Å². The first-order chi connectivity index (χ1) is 11.2. The largest absolute Gasteiger partial charge is 0.384 e. The van der Waals surface area contributed by atoms with Gasteiger partial charge in [-0.3, -0.25) is 9.48 Å². The monoisotopic (exact) mass is 317 g/mol. The van der Waals surface area contributed by atoms with Crippen LogP contribution in [0.5, 0.6) is 0 Å². The Kier molecular flexibility index (Phi) is 4.71. The summed E-state index contributed by atoms with van der Waals surface area (Å²) in [7, 11) is 1.67. The first kappa shape index (κ1) is 15.7. The van der Waals surface area contributed by atoms with Gasteiger partial charge in [0, 0.05) is 32.3 Å². The number of hydrogen-bond donors (Lipinski definition) is 0. The lowest BCUT2D eigenvalue weighted by Crippen LogP contribution is -2.36. The standard InChI is InChI=1S/C17H20FN3O2/c1-23-12-14-9-20(11-16-6-7-19-21(16)10-14)17(22)8-13-2-4-15(18)5-3-13/h2-7,14H,8-12H2,1H3/t14-/m0/s1. The number of carbonyl (C=O) groups is 1. The molecule has 0 saturated carbocycles. The molecular weight excluding hydrogens is 297 g/mol. The third kappa shape index (κ3) is 3.76. The van der Waals surface area contributed by atoms with E-state index >= 15 is 0 Å². The van der Waals surface area contributed by atoms with Crippen LogP contribution >= 0.6 is 0 Å². The Bertz CT molecular complexity index is 669. The normalized spacial score (nSPS) is 17.7. The molecule has 0 saturated heterocycles. The second kappa shape index (κ2) is 6.91. The Hall–Kier alpha value is -2.21. The fraction of sp³-hybridized carbons (Fsp3) is 0.412. The van der Waals surface area contributed by atoms with Gasteiger partial charge in [0.25, 0.3) is 0 Å². The third-order valence-corrected chi connectivity index (χ3v) is 4.09. The summed E-state index contributed by atoms with van der Waals surface area (Å²) in [6, 6.07) is 8.01. The Morgan fingerprint density at radius 1 is 1.30 bits per heavy atom. The predicted octanol–water partition coefficient (Wildman–Crippen LogP) is 1.87. The summed E-state index contributed by atoms with van der Waals surface area (Å²) in [5.74, 6) is -0.0503. The maximum absolute atomic E-state index is 13.0. The lowest BCUT2D eigenvalue weighted by molar-refractivity contribution is -0.131. The molecule has 6 heteroatoms. The Labute approximate surface area is 134 Å². The number of nitrogens with zero attached hydrogens (tertiary/aromatic N) is 3. The Morgan fingerprint density at radius 3 is 2.83 bits per heavy atom. The van der Waals surface area contributed by atoms with Crippen molar-refractivity contribution in [1.29, 1.82) is 0 Å². The molecule has 1 atom stereocenters. The number of ether oxygens (including phenoxy) is 1. The summed E-state index contributed by atoms with van der Waals surface area (Å²) in [6.45, 7) is 2.51. The zero-order chi connectivity index (χ0) is 16.2. The van der Waals surface area contributed by atoms with Gasteiger partial charge in [0.1, 0.15) is 5.82 Å². The molecule has 0 aliphatic carbocycles. The van der Waals surface area contributed by atoms with E-state index in [1.165, 1.54) is 12.1 Å². The van der Waals surface area contributed by atoms with E-state index in [0.717, 1.165) is 17.8 Å². The minimum atomic E-state index is -0.292. The van der Waals surface area contributed by atoms with Crippen molar-refractivity contribution in [3.05, 3.63) is 53.6 Å². The number of carbonyl (C=O) groups excluding carboxylic acids is 1. The van der Waals surface area contributed by atoms with Crippen LogP contribution in [0.15, 0.2) is 36.5 Å². The number of benzene rings is 1. The highest BCUT2D eigenvalue weighted by Crippen LogP contribution is 2.17. The molecular formula is C17H20FN3O2. The molecule has 0 N–H and O–H groups in total. The van der Waals surface area contributed by atoms with Crippen LogP contribution in [-0.4, -0.2) is 40.8 Å². The van der Waals surface area contributed by atoms with Crippen molar-refractivity contribution >= 4 is 5.91 Å². The number of fused-ring (bicyclic) bond motifs is 1. The van der Waals surface area contributed by atoms with Crippen molar-refractivity contribution < 1.29 is 13.9 Å². The molecule has 0 radical (unpaired) electrons. The second-order valence-corrected chi connectivity index (χ2v) is 5.90. The van der Waals surface area contributed by atoms with Gasteiger partial charge in [0.05, 0.1) is 25.3 Å². The van der Waals surface area contributed by atoms with Gasteiger partial charge in [-0.15, -0.1) is 0 Å². The first-order valence-electron chi connectivity index (χ1n) is 7.67. The summed E-state index contributed by atoms with van der Waals surface area (Å²) in [4.78, 5) is 14.5. The summed E-state index contributed by atoms with van der Waals surface area (Å²) in [5.41, 5.74) is 1.84. The zero-order valence-corrected chi connectivity index (χ0v) is 13.1. The van der Waals surface area contributed by atoms with Crippen LogP contribution in [0.25, 0.3) is 0 Å². The number of halogens is 1. The van der Waals surface area contributed by atoms with E-state index in [-0.39, 0.29) is 24.1 Å². The highest BCUT2D eigenvalue weighted by molar-refractivity contribution is 5.78. The molecule has 0 unspecified atom stereocenters. The molecule has 2 aromatic rings. The lowest BCUT2D eigenvalue weighted by Gasteiger charge is -2.24. The van der Waals surface area contributed by atoms with E-state index < -0.39 is 0 Å². The molecule has 1 aromatic carbocycles. The second-order valence-electron chi connectivity index (χ2n) is 5.90. The average molecular weight is 317 g/mol. The van der Waals surface area contributed by atoms with Crippen molar-refractivity contribution in [2.45, 2.75) is 19.5 Å². The fourth-order valence-electron chi connectivity index (χ4n) is 2.95. The predicted molar refractivity (Wildman–Crippen MR) is 83.1 cm³/mol. The Morgan fingerprint density at radius 2 is 2.09 bits per heavy atom. The van der Waals surface area contributed by atoms with Gasteiger partial charge < -0.3 is 9.64 Å². The molecule has 0 fully saturated rings. The molecule has 23 heavy (non-hydrogen) atoms. The number of hydrogen-bond acceptors (Lipinski definition) is 3. The Balaban J connectivity index is 1.74. The van der Waals surface area contributed by atoms with Crippen LogP contribution in [0.4, 0.5) is 4.39 Å². The van der Waals surface area contributed by atoms with Crippen molar-refractivity contribution in [3.8, 4) is 0 Å². The van der Waals surface area contributed by atoms with Crippen molar-refractivity contribution in [2.24, 2.45) is 5.92 Å². The SMILES string of the molecule is COC[C@H]1CN(C(=O)Cc2ccc(F)cc2)Cc2ccnn2C1. The summed E-state index contributed by atoms with van der Waals surface area (Å²) in [5, 5.41) is 4.32. The highest BCUT2D eigenvalue weighted by atomic mass is 19.1. The van der Waals surface area contributed by atoms with E-state index in [4.69, 9.17) is 4.74 Å². The minimum absolute atomic E-state index is 0.0346. The number of rotatable bonds is 4. The molecule has 2 heterocycles. The van der Waals surface area contributed by atoms with E-state index in [2.05, 4.69) is 5.10 Å².